The van der Waals surface area contributed by atoms with E-state index < -0.39 is 0 Å². The van der Waals surface area contributed by atoms with Gasteiger partial charge in [0, 0.05) is 30.8 Å². The molecule has 0 radical (unpaired) electrons. The molecule has 5 nitrogen and oxygen atoms in total. The number of amides is 1. The molecule has 0 aliphatic heterocycles. The van der Waals surface area contributed by atoms with Crippen LogP contribution in [0.2, 0.25) is 0 Å². The molecule has 5 heteroatoms. The molecule has 1 unspecified atom stereocenters. The second kappa shape index (κ2) is 6.71. The van der Waals surface area contributed by atoms with Gasteiger partial charge in [0.1, 0.15) is 5.65 Å². The second-order valence-electron chi connectivity index (χ2n) is 6.83. The highest BCUT2D eigenvalue weighted by molar-refractivity contribution is 5.79. The Balaban J connectivity index is 1.65. The number of rotatable bonds is 5. The van der Waals surface area contributed by atoms with Crippen molar-refractivity contribution in [2.45, 2.75) is 32.6 Å². The molecule has 1 aliphatic rings. The Labute approximate surface area is 137 Å². The van der Waals surface area contributed by atoms with E-state index in [4.69, 9.17) is 4.98 Å². The molecular formula is C18H26N4O. The van der Waals surface area contributed by atoms with Gasteiger partial charge in [-0.05, 0) is 64.5 Å². The van der Waals surface area contributed by atoms with Gasteiger partial charge in [-0.15, -0.1) is 0 Å². The van der Waals surface area contributed by atoms with Crippen LogP contribution in [-0.4, -0.2) is 47.4 Å². The predicted octanol–water partition coefficient (Wildman–Crippen LogP) is 1.82. The normalized spacial score (nSPS) is 17.5. The highest BCUT2D eigenvalue weighted by atomic mass is 16.1. The van der Waals surface area contributed by atoms with Crippen LogP contribution in [0.15, 0.2) is 18.3 Å². The van der Waals surface area contributed by atoms with E-state index in [1.807, 2.05) is 0 Å². The first-order valence-electron chi connectivity index (χ1n) is 8.43. The molecule has 1 aliphatic carbocycles. The first kappa shape index (κ1) is 16.0. The van der Waals surface area contributed by atoms with Crippen molar-refractivity contribution < 1.29 is 4.79 Å². The first-order chi connectivity index (χ1) is 11.0. The standard InChI is InChI=1S/C18H26N4O/c1-13-7-10-22-16-12-14(5-6-15(16)20-17(22)11-13)18(23)19-8-4-9-21(2)3/h7,10-11,14H,4-6,8-9,12H2,1-3H3,(H,19,23). The van der Waals surface area contributed by atoms with Gasteiger partial charge in [0.05, 0.1) is 5.69 Å². The third kappa shape index (κ3) is 3.55. The third-order valence-corrected chi connectivity index (χ3v) is 4.58. The summed E-state index contributed by atoms with van der Waals surface area (Å²) in [6.45, 7) is 3.84. The lowest BCUT2D eigenvalue weighted by atomic mass is 9.89. The minimum atomic E-state index is 0.0723. The van der Waals surface area contributed by atoms with Gasteiger partial charge in [0.25, 0.3) is 0 Å². The molecule has 0 saturated carbocycles. The summed E-state index contributed by atoms with van der Waals surface area (Å²) in [4.78, 5) is 19.3. The molecular weight excluding hydrogens is 288 g/mol. The summed E-state index contributed by atoms with van der Waals surface area (Å²) in [5.74, 6) is 0.263. The topological polar surface area (TPSA) is 49.6 Å². The number of pyridine rings is 1. The van der Waals surface area contributed by atoms with Crippen LogP contribution in [0.4, 0.5) is 0 Å². The summed E-state index contributed by atoms with van der Waals surface area (Å²) in [5, 5.41) is 3.09. The van der Waals surface area contributed by atoms with Gasteiger partial charge in [-0.2, -0.15) is 0 Å². The minimum absolute atomic E-state index is 0.0723. The Kier molecular flexibility index (Phi) is 4.66. The number of hydrogen-bond donors (Lipinski definition) is 1. The highest BCUT2D eigenvalue weighted by Gasteiger charge is 2.27. The van der Waals surface area contributed by atoms with E-state index in [0.29, 0.717) is 0 Å². The maximum atomic E-state index is 12.4. The fourth-order valence-electron chi connectivity index (χ4n) is 3.28. The van der Waals surface area contributed by atoms with Crippen LogP contribution in [0, 0.1) is 12.8 Å². The Morgan fingerprint density at radius 3 is 3.09 bits per heavy atom. The van der Waals surface area contributed by atoms with Crippen LogP contribution in [0.25, 0.3) is 5.65 Å². The number of carbonyl (C=O) groups excluding carboxylic acids is 1. The molecule has 0 aromatic carbocycles. The largest absolute Gasteiger partial charge is 0.356 e. The summed E-state index contributed by atoms with van der Waals surface area (Å²) < 4.78 is 2.15. The zero-order valence-corrected chi connectivity index (χ0v) is 14.3. The quantitative estimate of drug-likeness (QED) is 0.857. The molecule has 124 valence electrons. The fourth-order valence-corrected chi connectivity index (χ4v) is 3.28. The van der Waals surface area contributed by atoms with Crippen LogP contribution < -0.4 is 5.32 Å². The molecule has 23 heavy (non-hydrogen) atoms. The molecule has 0 bridgehead atoms. The SMILES string of the molecule is Cc1ccn2c3c(nc2c1)CCC(C(=O)NCCCN(C)C)C3. The molecule has 2 aromatic rings. The average molecular weight is 314 g/mol. The molecule has 0 saturated heterocycles. The van der Waals surface area contributed by atoms with E-state index in [1.54, 1.807) is 0 Å². The number of nitrogens with one attached hydrogen (secondary N) is 1. The average Bonchev–Trinajstić information content (AvgIpc) is 2.87. The van der Waals surface area contributed by atoms with Gasteiger partial charge < -0.3 is 14.6 Å². The molecule has 0 spiro atoms. The van der Waals surface area contributed by atoms with Gasteiger partial charge in [-0.3, -0.25) is 4.79 Å². The summed E-state index contributed by atoms with van der Waals surface area (Å²) >= 11 is 0. The van der Waals surface area contributed by atoms with Crippen molar-refractivity contribution in [3.05, 3.63) is 35.3 Å². The van der Waals surface area contributed by atoms with Gasteiger partial charge in [0.2, 0.25) is 5.91 Å². The lowest BCUT2D eigenvalue weighted by molar-refractivity contribution is -0.125. The maximum absolute atomic E-state index is 12.4. The van der Waals surface area contributed by atoms with E-state index >= 15 is 0 Å². The van der Waals surface area contributed by atoms with Crippen LogP contribution in [0.3, 0.4) is 0 Å². The Morgan fingerprint density at radius 1 is 1.48 bits per heavy atom. The summed E-state index contributed by atoms with van der Waals surface area (Å²) in [6, 6.07) is 4.20. The van der Waals surface area contributed by atoms with Gasteiger partial charge in [-0.1, -0.05) is 0 Å². The van der Waals surface area contributed by atoms with E-state index in [1.165, 1.54) is 11.3 Å². The molecule has 3 rings (SSSR count). The predicted molar refractivity (Wildman–Crippen MR) is 91.6 cm³/mol. The van der Waals surface area contributed by atoms with E-state index in [2.05, 4.69) is 54.0 Å². The highest BCUT2D eigenvalue weighted by Crippen LogP contribution is 2.26. The number of hydrogen-bond acceptors (Lipinski definition) is 3. The molecule has 2 heterocycles. The monoisotopic (exact) mass is 314 g/mol. The summed E-state index contributed by atoms with van der Waals surface area (Å²) in [7, 11) is 4.11. The maximum Gasteiger partial charge on any atom is 0.223 e. The summed E-state index contributed by atoms with van der Waals surface area (Å²) in [6.07, 6.45) is 5.65. The Morgan fingerprint density at radius 2 is 2.30 bits per heavy atom. The second-order valence-corrected chi connectivity index (χ2v) is 6.83. The zero-order valence-electron chi connectivity index (χ0n) is 14.3. The lowest BCUT2D eigenvalue weighted by Crippen LogP contribution is -2.35. The number of aromatic nitrogens is 2. The van der Waals surface area contributed by atoms with E-state index in [0.717, 1.165) is 50.1 Å². The first-order valence-corrected chi connectivity index (χ1v) is 8.43. The van der Waals surface area contributed by atoms with Crippen LogP contribution >= 0.6 is 0 Å². The van der Waals surface area contributed by atoms with Crippen LogP contribution in [0.5, 0.6) is 0 Å². The number of nitrogens with zero attached hydrogens (tertiary/aromatic N) is 3. The van der Waals surface area contributed by atoms with Crippen molar-refractivity contribution in [2.24, 2.45) is 5.92 Å². The molecule has 1 amide bonds. The van der Waals surface area contributed by atoms with Gasteiger partial charge >= 0.3 is 0 Å². The van der Waals surface area contributed by atoms with Crippen molar-refractivity contribution in [1.82, 2.24) is 19.6 Å². The number of aryl methyl sites for hydroxylation is 2. The van der Waals surface area contributed by atoms with E-state index in [9.17, 15) is 4.79 Å². The van der Waals surface area contributed by atoms with Crippen molar-refractivity contribution in [3.63, 3.8) is 0 Å². The van der Waals surface area contributed by atoms with Gasteiger partial charge in [0.15, 0.2) is 0 Å². The Bertz CT molecular complexity index is 704. The Hall–Kier alpha value is -1.88. The van der Waals surface area contributed by atoms with E-state index in [-0.39, 0.29) is 11.8 Å². The van der Waals surface area contributed by atoms with Gasteiger partial charge in [-0.25, -0.2) is 4.98 Å². The molecule has 0 fully saturated rings. The number of fused-ring (bicyclic) bond motifs is 3. The molecule has 2 aromatic heterocycles. The molecule has 1 N–H and O–H groups in total. The van der Waals surface area contributed by atoms with Crippen LogP contribution in [-0.2, 0) is 17.6 Å². The number of carbonyl (C=O) groups is 1. The van der Waals surface area contributed by atoms with Crippen LogP contribution in [0.1, 0.15) is 29.8 Å². The van der Waals surface area contributed by atoms with Crippen molar-refractivity contribution >= 4 is 11.6 Å². The lowest BCUT2D eigenvalue weighted by Gasteiger charge is -2.21. The summed E-state index contributed by atoms with van der Waals surface area (Å²) in [5.41, 5.74) is 4.59. The van der Waals surface area contributed by atoms with Crippen molar-refractivity contribution in [1.29, 1.82) is 0 Å². The third-order valence-electron chi connectivity index (χ3n) is 4.58. The smallest absolute Gasteiger partial charge is 0.223 e. The minimum Gasteiger partial charge on any atom is -0.356 e. The fraction of sp³-hybridized carbons (Fsp3) is 0.556. The number of imidazole rings is 1. The molecule has 1 atom stereocenters. The van der Waals surface area contributed by atoms with Crippen molar-refractivity contribution in [2.75, 3.05) is 27.2 Å². The van der Waals surface area contributed by atoms with Crippen molar-refractivity contribution in [3.8, 4) is 0 Å². The zero-order chi connectivity index (χ0) is 16.4.